The zero-order valence-electron chi connectivity index (χ0n) is 14.9. The number of rotatable bonds is 8. The van der Waals surface area contributed by atoms with Crippen molar-refractivity contribution in [3.63, 3.8) is 0 Å². The first-order chi connectivity index (χ1) is 12.5. The average Bonchev–Trinajstić information content (AvgIpc) is 3.10. The smallest absolute Gasteiger partial charge is 0.387 e. The number of aryl methyl sites for hydroxylation is 1. The van der Waals surface area contributed by atoms with E-state index in [9.17, 15) is 8.78 Å². The Morgan fingerprint density at radius 2 is 2.04 bits per heavy atom. The Morgan fingerprint density at radius 3 is 2.65 bits per heavy atom. The third-order valence-corrected chi connectivity index (χ3v) is 3.55. The van der Waals surface area contributed by atoms with Crippen molar-refractivity contribution < 1.29 is 22.8 Å². The van der Waals surface area contributed by atoms with Gasteiger partial charge < -0.3 is 24.6 Å². The molecule has 0 aliphatic carbocycles. The topological polar surface area (TPSA) is 80.9 Å². The molecular weight excluding hydrogens is 346 g/mol. The highest BCUT2D eigenvalue weighted by molar-refractivity contribution is 5.79. The van der Waals surface area contributed by atoms with Crippen LogP contribution in [0, 0.1) is 0 Å². The molecule has 2 rings (SSSR count). The van der Waals surface area contributed by atoms with Crippen molar-refractivity contribution in [3.05, 3.63) is 41.3 Å². The van der Waals surface area contributed by atoms with Gasteiger partial charge in [-0.1, -0.05) is 12.1 Å². The van der Waals surface area contributed by atoms with Crippen LogP contribution in [-0.2, 0) is 19.5 Å². The van der Waals surface area contributed by atoms with Crippen molar-refractivity contribution in [1.82, 2.24) is 15.8 Å². The summed E-state index contributed by atoms with van der Waals surface area (Å²) in [7, 11) is 3.11. The summed E-state index contributed by atoms with van der Waals surface area (Å²) in [5.74, 6) is 1.77. The van der Waals surface area contributed by atoms with Gasteiger partial charge in [-0.05, 0) is 24.6 Å². The van der Waals surface area contributed by atoms with Gasteiger partial charge in [0.1, 0.15) is 11.5 Å². The molecule has 0 spiro atoms. The Kier molecular flexibility index (Phi) is 7.19. The summed E-state index contributed by atoms with van der Waals surface area (Å²) in [4.78, 5) is 4.09. The Labute approximate surface area is 150 Å². The quantitative estimate of drug-likeness (QED) is 0.551. The maximum absolute atomic E-state index is 12.6. The van der Waals surface area contributed by atoms with Crippen LogP contribution in [0.4, 0.5) is 8.78 Å². The second-order valence-corrected chi connectivity index (χ2v) is 5.27. The lowest BCUT2D eigenvalue weighted by Crippen LogP contribution is -2.36. The maximum atomic E-state index is 12.6. The Hall–Kier alpha value is -2.84. The van der Waals surface area contributed by atoms with Gasteiger partial charge in [-0.2, -0.15) is 8.78 Å². The fraction of sp³-hybridized carbons (Fsp3) is 0.412. The number of hydrogen-bond donors (Lipinski definition) is 2. The lowest BCUT2D eigenvalue weighted by atomic mass is 10.2. The summed E-state index contributed by atoms with van der Waals surface area (Å²) >= 11 is 0. The van der Waals surface area contributed by atoms with Crippen LogP contribution in [0.15, 0.2) is 33.8 Å². The number of guanidine groups is 1. The molecule has 0 aliphatic heterocycles. The second kappa shape index (κ2) is 9.59. The van der Waals surface area contributed by atoms with Crippen molar-refractivity contribution in [3.8, 4) is 11.5 Å². The SMILES string of the molecule is CCc1cc(CNC(=NC)NCc2cc(OC)ccc2OC(F)F)on1. The molecule has 1 heterocycles. The summed E-state index contributed by atoms with van der Waals surface area (Å²) in [5.41, 5.74) is 1.38. The molecule has 0 fully saturated rings. The zero-order chi connectivity index (χ0) is 18.9. The van der Waals surface area contributed by atoms with Crippen molar-refractivity contribution in [2.75, 3.05) is 14.2 Å². The first kappa shape index (κ1) is 19.5. The van der Waals surface area contributed by atoms with Gasteiger partial charge in [-0.3, -0.25) is 4.99 Å². The van der Waals surface area contributed by atoms with Crippen LogP contribution in [0.3, 0.4) is 0 Å². The summed E-state index contributed by atoms with van der Waals surface area (Å²) in [6.45, 7) is -0.303. The van der Waals surface area contributed by atoms with E-state index in [4.69, 9.17) is 9.26 Å². The molecule has 1 aromatic carbocycles. The Balaban J connectivity index is 1.98. The molecule has 0 aliphatic rings. The number of halogens is 2. The van der Waals surface area contributed by atoms with Crippen LogP contribution in [0.5, 0.6) is 11.5 Å². The highest BCUT2D eigenvalue weighted by Crippen LogP contribution is 2.25. The lowest BCUT2D eigenvalue weighted by molar-refractivity contribution is -0.0504. The molecule has 26 heavy (non-hydrogen) atoms. The van der Waals surface area contributed by atoms with Gasteiger partial charge in [-0.25, -0.2) is 0 Å². The first-order valence-electron chi connectivity index (χ1n) is 8.06. The van der Waals surface area contributed by atoms with Gasteiger partial charge in [0.2, 0.25) is 0 Å². The Bertz CT molecular complexity index is 735. The van der Waals surface area contributed by atoms with E-state index in [0.717, 1.165) is 12.1 Å². The molecule has 2 N–H and O–H groups in total. The minimum atomic E-state index is -2.90. The largest absolute Gasteiger partial charge is 0.497 e. The minimum Gasteiger partial charge on any atom is -0.497 e. The van der Waals surface area contributed by atoms with E-state index in [-0.39, 0.29) is 12.3 Å². The lowest BCUT2D eigenvalue weighted by Gasteiger charge is -2.15. The van der Waals surface area contributed by atoms with Crippen LogP contribution in [0.25, 0.3) is 0 Å². The normalized spacial score (nSPS) is 11.5. The third-order valence-electron chi connectivity index (χ3n) is 3.55. The van der Waals surface area contributed by atoms with E-state index in [1.165, 1.54) is 13.2 Å². The highest BCUT2D eigenvalue weighted by Gasteiger charge is 2.12. The van der Waals surface area contributed by atoms with Crippen LogP contribution >= 0.6 is 0 Å². The van der Waals surface area contributed by atoms with Crippen LogP contribution in [0.2, 0.25) is 0 Å². The number of alkyl halides is 2. The molecule has 0 bridgehead atoms. The van der Waals surface area contributed by atoms with Gasteiger partial charge in [0, 0.05) is 25.2 Å². The van der Waals surface area contributed by atoms with Crippen molar-refractivity contribution in [2.45, 2.75) is 33.0 Å². The van der Waals surface area contributed by atoms with Gasteiger partial charge in [0.15, 0.2) is 11.7 Å². The first-order valence-corrected chi connectivity index (χ1v) is 8.06. The predicted octanol–water partition coefficient (Wildman–Crippen LogP) is 2.71. The summed E-state index contributed by atoms with van der Waals surface area (Å²) in [6.07, 6.45) is 0.791. The molecule has 0 saturated heterocycles. The van der Waals surface area contributed by atoms with Crippen LogP contribution < -0.4 is 20.1 Å². The summed E-state index contributed by atoms with van der Waals surface area (Å²) in [6, 6.07) is 6.49. The maximum Gasteiger partial charge on any atom is 0.387 e. The molecule has 142 valence electrons. The molecule has 1 aromatic heterocycles. The number of nitrogens with one attached hydrogen (secondary N) is 2. The van der Waals surface area contributed by atoms with E-state index in [2.05, 4.69) is 25.5 Å². The van der Waals surface area contributed by atoms with Gasteiger partial charge in [0.05, 0.1) is 19.3 Å². The molecule has 0 saturated carbocycles. The molecule has 0 radical (unpaired) electrons. The number of hydrogen-bond acceptors (Lipinski definition) is 5. The van der Waals surface area contributed by atoms with E-state index in [0.29, 0.717) is 29.6 Å². The van der Waals surface area contributed by atoms with Crippen LogP contribution in [0.1, 0.15) is 23.9 Å². The number of ether oxygens (including phenoxy) is 2. The van der Waals surface area contributed by atoms with E-state index in [1.54, 1.807) is 19.2 Å². The molecule has 2 aromatic rings. The monoisotopic (exact) mass is 368 g/mol. The molecular formula is C17H22F2N4O3. The van der Waals surface area contributed by atoms with Crippen molar-refractivity contribution >= 4 is 5.96 Å². The second-order valence-electron chi connectivity index (χ2n) is 5.27. The number of benzene rings is 1. The number of aliphatic imine (C=N–C) groups is 1. The molecule has 0 amide bonds. The summed E-state index contributed by atoms with van der Waals surface area (Å²) < 4.78 is 40.0. The predicted molar refractivity (Wildman–Crippen MR) is 92.5 cm³/mol. The van der Waals surface area contributed by atoms with Gasteiger partial charge >= 0.3 is 6.61 Å². The zero-order valence-corrected chi connectivity index (χ0v) is 14.9. The summed E-state index contributed by atoms with van der Waals surface area (Å²) in [5, 5.41) is 10.0. The number of aromatic nitrogens is 1. The highest BCUT2D eigenvalue weighted by atomic mass is 19.3. The number of nitrogens with zero attached hydrogens (tertiary/aromatic N) is 2. The fourth-order valence-electron chi connectivity index (χ4n) is 2.21. The van der Waals surface area contributed by atoms with Crippen molar-refractivity contribution in [1.29, 1.82) is 0 Å². The van der Waals surface area contributed by atoms with Gasteiger partial charge in [-0.15, -0.1) is 0 Å². The third kappa shape index (κ3) is 5.61. The van der Waals surface area contributed by atoms with Gasteiger partial charge in [0.25, 0.3) is 0 Å². The van der Waals surface area contributed by atoms with E-state index in [1.807, 2.05) is 13.0 Å². The van der Waals surface area contributed by atoms with E-state index < -0.39 is 6.61 Å². The molecule has 9 heteroatoms. The molecule has 0 unspecified atom stereocenters. The van der Waals surface area contributed by atoms with Crippen molar-refractivity contribution in [2.24, 2.45) is 4.99 Å². The minimum absolute atomic E-state index is 0.0755. The Morgan fingerprint density at radius 1 is 1.27 bits per heavy atom. The average molecular weight is 368 g/mol. The molecule has 7 nitrogen and oxygen atoms in total. The van der Waals surface area contributed by atoms with Crippen LogP contribution in [-0.4, -0.2) is 31.9 Å². The fourth-order valence-corrected chi connectivity index (χ4v) is 2.21. The molecule has 0 atom stereocenters. The standard InChI is InChI=1S/C17H22F2N4O3/c1-4-12-8-14(26-23-12)10-22-17(20-2)21-9-11-7-13(24-3)5-6-15(11)25-16(18)19/h5-8,16H,4,9-10H2,1-3H3,(H2,20,21,22). The number of methoxy groups -OCH3 is 1. The van der Waals surface area contributed by atoms with E-state index >= 15 is 0 Å².